The molecule has 2 aromatic rings. The van der Waals surface area contributed by atoms with E-state index in [9.17, 15) is 0 Å². The molecule has 0 aliphatic heterocycles. The molecule has 0 unspecified atom stereocenters. The monoisotopic (exact) mass is 389 g/mol. The van der Waals surface area contributed by atoms with Crippen LogP contribution in [-0.4, -0.2) is 7.11 Å². The standard InChI is InChI=1S/C13H13Br2NOS/c1-17-8-9-10(14)3-2-4-12(9)16-7-13-11(15)5-6-18-13/h2-6,16H,7-8H2,1H3. The Kier molecular flexibility index (Phi) is 5.24. The smallest absolute Gasteiger partial charge is 0.0744 e. The number of ether oxygens (including phenoxy) is 1. The minimum Gasteiger partial charge on any atom is -0.380 e. The second-order valence-corrected chi connectivity index (χ2v) is 6.45. The quantitative estimate of drug-likeness (QED) is 0.772. The normalized spacial score (nSPS) is 10.6. The Morgan fingerprint density at radius 2 is 2.06 bits per heavy atom. The minimum absolute atomic E-state index is 0.593. The second-order valence-electron chi connectivity index (χ2n) is 3.74. The largest absolute Gasteiger partial charge is 0.380 e. The average Bonchev–Trinajstić information content (AvgIpc) is 2.76. The summed E-state index contributed by atoms with van der Waals surface area (Å²) in [5.41, 5.74) is 2.25. The van der Waals surface area contributed by atoms with E-state index < -0.39 is 0 Å². The Bertz CT molecular complexity index is 527. The summed E-state index contributed by atoms with van der Waals surface area (Å²) in [5, 5.41) is 5.53. The van der Waals surface area contributed by atoms with Crippen molar-refractivity contribution >= 4 is 48.9 Å². The number of rotatable bonds is 5. The number of hydrogen-bond donors (Lipinski definition) is 1. The maximum absolute atomic E-state index is 5.23. The van der Waals surface area contributed by atoms with Crippen molar-refractivity contribution in [2.45, 2.75) is 13.2 Å². The molecule has 2 rings (SSSR count). The topological polar surface area (TPSA) is 21.3 Å². The highest BCUT2D eigenvalue weighted by molar-refractivity contribution is 9.10. The zero-order valence-electron chi connectivity index (χ0n) is 9.87. The molecule has 0 spiro atoms. The predicted octanol–water partition coefficient (Wildman–Crippen LogP) is 5.03. The Labute approximate surface area is 128 Å². The van der Waals surface area contributed by atoms with E-state index in [-0.39, 0.29) is 0 Å². The summed E-state index contributed by atoms with van der Waals surface area (Å²) in [5.74, 6) is 0. The van der Waals surface area contributed by atoms with Gasteiger partial charge in [0.15, 0.2) is 0 Å². The van der Waals surface area contributed by atoms with Crippen molar-refractivity contribution in [3.8, 4) is 0 Å². The molecule has 0 fully saturated rings. The lowest BCUT2D eigenvalue weighted by Crippen LogP contribution is -2.03. The number of halogens is 2. The first-order chi connectivity index (χ1) is 8.72. The number of hydrogen-bond acceptors (Lipinski definition) is 3. The lowest BCUT2D eigenvalue weighted by Gasteiger charge is -2.12. The van der Waals surface area contributed by atoms with Crippen LogP contribution in [0.3, 0.4) is 0 Å². The van der Waals surface area contributed by atoms with E-state index in [0.29, 0.717) is 6.61 Å². The number of methoxy groups -OCH3 is 1. The van der Waals surface area contributed by atoms with Gasteiger partial charge in [-0.3, -0.25) is 0 Å². The summed E-state index contributed by atoms with van der Waals surface area (Å²) >= 11 is 8.83. The average molecular weight is 391 g/mol. The number of anilines is 1. The fourth-order valence-electron chi connectivity index (χ4n) is 1.64. The molecule has 1 heterocycles. The SMILES string of the molecule is COCc1c(Br)cccc1NCc1sccc1Br. The van der Waals surface area contributed by atoms with Gasteiger partial charge in [0.05, 0.1) is 13.2 Å². The van der Waals surface area contributed by atoms with Crippen LogP contribution in [0.4, 0.5) is 5.69 Å². The van der Waals surface area contributed by atoms with Gasteiger partial charge in [-0.2, -0.15) is 0 Å². The molecule has 1 N–H and O–H groups in total. The molecule has 0 aliphatic carbocycles. The molecule has 1 aromatic heterocycles. The van der Waals surface area contributed by atoms with Crippen LogP contribution >= 0.6 is 43.2 Å². The number of thiophene rings is 1. The summed E-state index contributed by atoms with van der Waals surface area (Å²) in [6.45, 7) is 1.40. The molecule has 2 nitrogen and oxygen atoms in total. The van der Waals surface area contributed by atoms with Gasteiger partial charge in [-0.05, 0) is 39.5 Å². The third-order valence-corrected chi connectivity index (χ3v) is 5.21. The zero-order valence-corrected chi connectivity index (χ0v) is 13.9. The van der Waals surface area contributed by atoms with Crippen LogP contribution in [0.5, 0.6) is 0 Å². The van der Waals surface area contributed by atoms with E-state index in [1.807, 2.05) is 12.1 Å². The van der Waals surface area contributed by atoms with Crippen molar-refractivity contribution in [1.82, 2.24) is 0 Å². The molecule has 0 atom stereocenters. The van der Waals surface area contributed by atoms with Crippen LogP contribution in [0.15, 0.2) is 38.6 Å². The van der Waals surface area contributed by atoms with E-state index in [4.69, 9.17) is 4.74 Å². The summed E-state index contributed by atoms with van der Waals surface area (Å²) in [6.07, 6.45) is 0. The van der Waals surface area contributed by atoms with Gasteiger partial charge >= 0.3 is 0 Å². The molecule has 0 bridgehead atoms. The van der Waals surface area contributed by atoms with E-state index in [1.54, 1.807) is 18.4 Å². The predicted molar refractivity (Wildman–Crippen MR) is 84.2 cm³/mol. The van der Waals surface area contributed by atoms with Crippen LogP contribution in [-0.2, 0) is 17.9 Å². The van der Waals surface area contributed by atoms with E-state index >= 15 is 0 Å². The van der Waals surface area contributed by atoms with Gasteiger partial charge in [0.2, 0.25) is 0 Å². The summed E-state index contributed by atoms with van der Waals surface area (Å²) in [6, 6.07) is 8.19. The summed E-state index contributed by atoms with van der Waals surface area (Å²) < 4.78 is 7.46. The lowest BCUT2D eigenvalue weighted by atomic mass is 10.2. The molecule has 0 saturated heterocycles. The maximum atomic E-state index is 5.23. The van der Waals surface area contributed by atoms with Gasteiger partial charge < -0.3 is 10.1 Å². The first-order valence-electron chi connectivity index (χ1n) is 5.44. The second kappa shape index (κ2) is 6.70. The Balaban J connectivity index is 2.14. The van der Waals surface area contributed by atoms with Gasteiger partial charge in [0.25, 0.3) is 0 Å². The van der Waals surface area contributed by atoms with Crippen LogP contribution in [0.2, 0.25) is 0 Å². The van der Waals surface area contributed by atoms with Crippen molar-refractivity contribution in [2.75, 3.05) is 12.4 Å². The van der Waals surface area contributed by atoms with Crippen molar-refractivity contribution < 1.29 is 4.74 Å². The van der Waals surface area contributed by atoms with Crippen LogP contribution in [0.25, 0.3) is 0 Å². The van der Waals surface area contributed by atoms with Crippen molar-refractivity contribution in [3.05, 3.63) is 49.0 Å². The maximum Gasteiger partial charge on any atom is 0.0744 e. The molecule has 0 saturated carbocycles. The molecule has 1 aromatic carbocycles. The third kappa shape index (κ3) is 3.35. The summed E-state index contributed by atoms with van der Waals surface area (Å²) in [4.78, 5) is 1.29. The van der Waals surface area contributed by atoms with Gasteiger partial charge in [0, 0.05) is 32.2 Å². The number of benzene rings is 1. The molecular weight excluding hydrogens is 378 g/mol. The Hall–Kier alpha value is -0.360. The highest BCUT2D eigenvalue weighted by atomic mass is 79.9. The van der Waals surface area contributed by atoms with Crippen molar-refractivity contribution in [2.24, 2.45) is 0 Å². The molecule has 96 valence electrons. The Morgan fingerprint density at radius 3 is 2.72 bits per heavy atom. The van der Waals surface area contributed by atoms with Gasteiger partial charge in [0.1, 0.15) is 0 Å². The molecule has 18 heavy (non-hydrogen) atoms. The Morgan fingerprint density at radius 1 is 1.22 bits per heavy atom. The lowest BCUT2D eigenvalue weighted by molar-refractivity contribution is 0.185. The highest BCUT2D eigenvalue weighted by Crippen LogP contribution is 2.28. The van der Waals surface area contributed by atoms with Gasteiger partial charge in [-0.25, -0.2) is 0 Å². The van der Waals surface area contributed by atoms with E-state index in [1.165, 1.54) is 4.88 Å². The third-order valence-electron chi connectivity index (χ3n) is 2.54. The first-order valence-corrected chi connectivity index (χ1v) is 7.91. The van der Waals surface area contributed by atoms with Crippen LogP contribution in [0.1, 0.15) is 10.4 Å². The van der Waals surface area contributed by atoms with Gasteiger partial charge in [-0.1, -0.05) is 22.0 Å². The molecule has 0 aliphatic rings. The first kappa shape index (κ1) is 14.1. The van der Waals surface area contributed by atoms with E-state index in [0.717, 1.165) is 26.7 Å². The molecule has 0 amide bonds. The molecule has 0 radical (unpaired) electrons. The fourth-order valence-corrected chi connectivity index (χ4v) is 3.55. The van der Waals surface area contributed by atoms with E-state index in [2.05, 4.69) is 54.7 Å². The molecule has 5 heteroatoms. The van der Waals surface area contributed by atoms with Crippen molar-refractivity contribution in [3.63, 3.8) is 0 Å². The van der Waals surface area contributed by atoms with Gasteiger partial charge in [-0.15, -0.1) is 11.3 Å². The van der Waals surface area contributed by atoms with Crippen molar-refractivity contribution in [1.29, 1.82) is 0 Å². The molecular formula is C13H13Br2NOS. The van der Waals surface area contributed by atoms with Crippen LogP contribution in [0, 0.1) is 0 Å². The highest BCUT2D eigenvalue weighted by Gasteiger charge is 2.07. The minimum atomic E-state index is 0.593. The zero-order chi connectivity index (χ0) is 13.0. The summed E-state index contributed by atoms with van der Waals surface area (Å²) in [7, 11) is 1.71. The fraction of sp³-hybridized carbons (Fsp3) is 0.231. The number of nitrogens with one attached hydrogen (secondary N) is 1. The van der Waals surface area contributed by atoms with Crippen LogP contribution < -0.4 is 5.32 Å².